The van der Waals surface area contributed by atoms with Gasteiger partial charge in [-0.3, -0.25) is 0 Å². The molecular weight excluding hydrogens is 386 g/mol. The molecule has 31 heavy (non-hydrogen) atoms. The van der Waals surface area contributed by atoms with Crippen LogP contribution in [0.2, 0.25) is 0 Å². The van der Waals surface area contributed by atoms with Crippen LogP contribution in [-0.2, 0) is 12.8 Å². The molecule has 2 aliphatic heterocycles. The summed E-state index contributed by atoms with van der Waals surface area (Å²) in [5.41, 5.74) is 4.68. The van der Waals surface area contributed by atoms with Crippen molar-refractivity contribution in [2.75, 3.05) is 19.6 Å². The van der Waals surface area contributed by atoms with Gasteiger partial charge in [-0.25, -0.2) is 0 Å². The third kappa shape index (κ3) is 4.47. The number of hydrogen-bond donors (Lipinski definition) is 2. The Labute approximate surface area is 186 Å². The van der Waals surface area contributed by atoms with E-state index in [4.69, 9.17) is 4.74 Å². The topological polar surface area (TPSA) is 52.9 Å². The van der Waals surface area contributed by atoms with Crippen molar-refractivity contribution in [1.29, 1.82) is 0 Å². The van der Waals surface area contributed by atoms with Crippen LogP contribution in [0.3, 0.4) is 0 Å². The molecule has 0 aliphatic carbocycles. The maximum absolute atomic E-state index is 11.2. The zero-order valence-electron chi connectivity index (χ0n) is 19.4. The first-order chi connectivity index (χ1) is 14.8. The van der Waals surface area contributed by atoms with Crippen molar-refractivity contribution in [2.45, 2.75) is 71.5 Å². The van der Waals surface area contributed by atoms with Gasteiger partial charge in [0.2, 0.25) is 0 Å². The zero-order valence-corrected chi connectivity index (χ0v) is 19.4. The molecule has 0 radical (unpaired) electrons. The molecule has 2 aromatic carbocycles. The highest BCUT2D eigenvalue weighted by Gasteiger charge is 2.41. The summed E-state index contributed by atoms with van der Waals surface area (Å²) in [6.45, 7) is 10.7. The number of phenols is 1. The Morgan fingerprint density at radius 2 is 1.74 bits per heavy atom. The highest BCUT2D eigenvalue weighted by atomic mass is 16.5. The standard InChI is InChI=1S/C27H37NO3/c1-18-19(2)26-23(20(3)25(18)30)10-13-27(4,31-26)24(29)17-28-14-11-22(12-15-28)16-21-8-6-5-7-9-21/h5-9,22,24,29-30H,10-17H2,1-4H3. The van der Waals surface area contributed by atoms with Crippen molar-refractivity contribution >= 4 is 0 Å². The second-order valence-corrected chi connectivity index (χ2v) is 9.90. The fourth-order valence-corrected chi connectivity index (χ4v) is 5.26. The molecule has 2 aliphatic rings. The van der Waals surface area contributed by atoms with Crippen molar-refractivity contribution < 1.29 is 14.9 Å². The average molecular weight is 424 g/mol. The summed E-state index contributed by atoms with van der Waals surface area (Å²) < 4.78 is 6.48. The molecule has 4 heteroatoms. The lowest BCUT2D eigenvalue weighted by molar-refractivity contribution is -0.0707. The van der Waals surface area contributed by atoms with E-state index in [0.717, 1.165) is 66.3 Å². The van der Waals surface area contributed by atoms with Crippen LogP contribution in [0, 0.1) is 26.7 Å². The molecule has 4 rings (SSSR count). The van der Waals surface area contributed by atoms with E-state index in [1.165, 1.54) is 18.4 Å². The van der Waals surface area contributed by atoms with E-state index in [9.17, 15) is 10.2 Å². The first kappa shape index (κ1) is 22.2. The van der Waals surface area contributed by atoms with E-state index in [2.05, 4.69) is 35.2 Å². The van der Waals surface area contributed by atoms with E-state index < -0.39 is 11.7 Å². The van der Waals surface area contributed by atoms with Crippen molar-refractivity contribution in [3.05, 3.63) is 58.1 Å². The SMILES string of the molecule is Cc1c(C)c2c(c(C)c1O)CCC(C)(C(O)CN1CCC(Cc3ccccc3)CC1)O2. The van der Waals surface area contributed by atoms with Crippen molar-refractivity contribution in [3.8, 4) is 11.5 Å². The summed E-state index contributed by atoms with van der Waals surface area (Å²) >= 11 is 0. The van der Waals surface area contributed by atoms with Gasteiger partial charge in [0.25, 0.3) is 0 Å². The number of aliphatic hydroxyl groups is 1. The number of rotatable bonds is 5. The Bertz CT molecular complexity index is 918. The van der Waals surface area contributed by atoms with Gasteiger partial charge in [0.15, 0.2) is 0 Å². The first-order valence-corrected chi connectivity index (χ1v) is 11.7. The van der Waals surface area contributed by atoms with Gasteiger partial charge in [-0.05, 0) is 101 Å². The number of likely N-dealkylation sites (tertiary alicyclic amines) is 1. The van der Waals surface area contributed by atoms with Gasteiger partial charge in [0.1, 0.15) is 23.2 Å². The van der Waals surface area contributed by atoms with Crippen LogP contribution in [0.1, 0.15) is 54.0 Å². The predicted octanol–water partition coefficient (Wildman–Crippen LogP) is 4.72. The van der Waals surface area contributed by atoms with Crippen LogP contribution in [0.5, 0.6) is 11.5 Å². The molecule has 4 nitrogen and oxygen atoms in total. The lowest BCUT2D eigenvalue weighted by Gasteiger charge is -2.43. The summed E-state index contributed by atoms with van der Waals surface area (Å²) in [5, 5.41) is 21.6. The number of aromatic hydroxyl groups is 1. The van der Waals surface area contributed by atoms with E-state index in [0.29, 0.717) is 12.3 Å². The number of ether oxygens (including phenoxy) is 1. The number of nitrogens with zero attached hydrogens (tertiary/aromatic N) is 1. The van der Waals surface area contributed by atoms with Crippen molar-refractivity contribution in [3.63, 3.8) is 0 Å². The van der Waals surface area contributed by atoms with E-state index >= 15 is 0 Å². The quantitative estimate of drug-likeness (QED) is 0.731. The summed E-state index contributed by atoms with van der Waals surface area (Å²) in [7, 11) is 0. The Kier molecular flexibility index (Phi) is 6.32. The molecule has 1 fully saturated rings. The van der Waals surface area contributed by atoms with Crippen LogP contribution in [0.4, 0.5) is 0 Å². The highest BCUT2D eigenvalue weighted by Crippen LogP contribution is 2.44. The minimum absolute atomic E-state index is 0.377. The summed E-state index contributed by atoms with van der Waals surface area (Å²) in [6.07, 6.45) is 4.55. The van der Waals surface area contributed by atoms with E-state index in [1.807, 2.05) is 27.7 Å². The Morgan fingerprint density at radius 3 is 2.42 bits per heavy atom. The van der Waals surface area contributed by atoms with Crippen LogP contribution in [0.15, 0.2) is 30.3 Å². The molecule has 1 saturated heterocycles. The number of hydrogen-bond acceptors (Lipinski definition) is 4. The summed E-state index contributed by atoms with van der Waals surface area (Å²) in [4.78, 5) is 2.40. The maximum Gasteiger partial charge on any atom is 0.134 e. The maximum atomic E-state index is 11.2. The lowest BCUT2D eigenvalue weighted by atomic mass is 9.83. The predicted molar refractivity (Wildman–Crippen MR) is 125 cm³/mol. The number of phenolic OH excluding ortho intramolecular Hbond substituents is 1. The minimum atomic E-state index is -0.603. The molecular formula is C27H37NO3. The zero-order chi connectivity index (χ0) is 22.2. The van der Waals surface area contributed by atoms with Crippen LogP contribution in [-0.4, -0.2) is 46.5 Å². The summed E-state index contributed by atoms with van der Waals surface area (Å²) in [6, 6.07) is 10.8. The van der Waals surface area contributed by atoms with Gasteiger partial charge in [0, 0.05) is 12.1 Å². The van der Waals surface area contributed by atoms with Crippen LogP contribution < -0.4 is 4.74 Å². The largest absolute Gasteiger partial charge is 0.507 e. The Morgan fingerprint density at radius 1 is 1.06 bits per heavy atom. The third-order valence-electron chi connectivity index (χ3n) is 7.76. The van der Waals surface area contributed by atoms with Crippen LogP contribution in [0.25, 0.3) is 0 Å². The lowest BCUT2D eigenvalue weighted by Crippen LogP contribution is -2.53. The average Bonchev–Trinajstić information content (AvgIpc) is 2.78. The van der Waals surface area contributed by atoms with Crippen molar-refractivity contribution in [2.24, 2.45) is 5.92 Å². The number of aliphatic hydroxyl groups excluding tert-OH is 1. The highest BCUT2D eigenvalue weighted by molar-refractivity contribution is 5.58. The van der Waals surface area contributed by atoms with Gasteiger partial charge < -0.3 is 19.8 Å². The molecule has 0 aromatic heterocycles. The molecule has 2 heterocycles. The molecule has 0 spiro atoms. The summed E-state index contributed by atoms with van der Waals surface area (Å²) in [5.74, 6) is 1.97. The molecule has 0 amide bonds. The third-order valence-corrected chi connectivity index (χ3v) is 7.76. The van der Waals surface area contributed by atoms with E-state index in [1.54, 1.807) is 0 Å². The Hall–Kier alpha value is -2.04. The van der Waals surface area contributed by atoms with Gasteiger partial charge in [-0.1, -0.05) is 30.3 Å². The molecule has 168 valence electrons. The van der Waals surface area contributed by atoms with Gasteiger partial charge in [-0.2, -0.15) is 0 Å². The molecule has 2 atom stereocenters. The fourth-order valence-electron chi connectivity index (χ4n) is 5.26. The minimum Gasteiger partial charge on any atom is -0.507 e. The number of benzene rings is 2. The van der Waals surface area contributed by atoms with Gasteiger partial charge in [-0.15, -0.1) is 0 Å². The fraction of sp³-hybridized carbons (Fsp3) is 0.556. The first-order valence-electron chi connectivity index (χ1n) is 11.7. The second-order valence-electron chi connectivity index (χ2n) is 9.90. The second kappa shape index (κ2) is 8.84. The van der Waals surface area contributed by atoms with Crippen molar-refractivity contribution in [1.82, 2.24) is 4.90 Å². The monoisotopic (exact) mass is 423 g/mol. The normalized spacial score (nSPS) is 23.3. The molecule has 0 saturated carbocycles. The molecule has 2 unspecified atom stereocenters. The smallest absolute Gasteiger partial charge is 0.134 e. The van der Waals surface area contributed by atoms with Crippen LogP contribution >= 0.6 is 0 Å². The van der Waals surface area contributed by atoms with E-state index in [-0.39, 0.29) is 0 Å². The Balaban J connectivity index is 1.37. The number of fused-ring (bicyclic) bond motifs is 1. The number of β-amino-alcohol motifs (C(OH)–C–C–N with tert-alkyl or cyclic N) is 1. The molecule has 2 N–H and O–H groups in total. The number of piperidine rings is 1. The molecule has 2 aromatic rings. The van der Waals surface area contributed by atoms with Gasteiger partial charge >= 0.3 is 0 Å². The van der Waals surface area contributed by atoms with Gasteiger partial charge in [0.05, 0.1) is 0 Å². The molecule has 0 bridgehead atoms.